The van der Waals surface area contributed by atoms with Crippen molar-refractivity contribution in [3.63, 3.8) is 0 Å². The number of carbonyl (C=O) groups excluding carboxylic acids is 2. The van der Waals surface area contributed by atoms with Gasteiger partial charge in [-0.1, -0.05) is 18.5 Å². The molecule has 1 aromatic rings. The molecule has 1 atom stereocenters. The molecule has 6 heteroatoms. The number of rotatable bonds is 1. The number of nitrogens with one attached hydrogen (secondary N) is 1. The van der Waals surface area contributed by atoms with Crippen LogP contribution in [0.2, 0.25) is 5.02 Å². The van der Waals surface area contributed by atoms with Crippen molar-refractivity contribution in [3.05, 3.63) is 22.7 Å². The average molecular weight is 297 g/mol. The number of benzene rings is 1. The van der Waals surface area contributed by atoms with Gasteiger partial charge in [0.05, 0.1) is 22.0 Å². The van der Waals surface area contributed by atoms with Crippen molar-refractivity contribution in [2.75, 3.05) is 29.1 Å². The van der Waals surface area contributed by atoms with Crippen molar-refractivity contribution >= 4 is 46.4 Å². The molecule has 0 bridgehead atoms. The summed E-state index contributed by atoms with van der Waals surface area (Å²) in [6, 6.07) is 3.40. The molecule has 1 N–H and O–H groups in total. The second-order valence-electron chi connectivity index (χ2n) is 4.76. The summed E-state index contributed by atoms with van der Waals surface area (Å²) in [4.78, 5) is 25.2. The Morgan fingerprint density at radius 3 is 2.95 bits per heavy atom. The second kappa shape index (κ2) is 4.72. The third-order valence-corrected chi connectivity index (χ3v) is 4.81. The molecule has 1 fully saturated rings. The number of anilines is 2. The van der Waals surface area contributed by atoms with Gasteiger partial charge in [0.1, 0.15) is 0 Å². The minimum Gasteiger partial charge on any atom is -0.368 e. The number of Topliss-reactive ketones (excluding diaryl/α,β-unsaturated/α-hetero) is 1. The van der Waals surface area contributed by atoms with Crippen LogP contribution in [0.3, 0.4) is 0 Å². The van der Waals surface area contributed by atoms with Crippen LogP contribution in [-0.4, -0.2) is 35.8 Å². The van der Waals surface area contributed by atoms with Crippen LogP contribution < -0.4 is 10.2 Å². The zero-order valence-corrected chi connectivity index (χ0v) is 12.0. The molecule has 0 saturated carbocycles. The Hall–Kier alpha value is -1.20. The highest BCUT2D eigenvalue weighted by atomic mass is 35.5. The van der Waals surface area contributed by atoms with Crippen molar-refractivity contribution in [2.45, 2.75) is 12.2 Å². The average Bonchev–Trinajstić information content (AvgIpc) is 2.65. The van der Waals surface area contributed by atoms with E-state index < -0.39 is 11.7 Å². The number of amides is 1. The first-order valence-electron chi connectivity index (χ1n) is 6.12. The lowest BCUT2D eigenvalue weighted by molar-refractivity contribution is -0.112. The number of hydrogen-bond acceptors (Lipinski definition) is 4. The van der Waals surface area contributed by atoms with Gasteiger partial charge in [-0.3, -0.25) is 9.59 Å². The van der Waals surface area contributed by atoms with Crippen molar-refractivity contribution in [3.8, 4) is 0 Å². The number of carbonyl (C=O) groups is 2. The molecule has 3 rings (SSSR count). The highest BCUT2D eigenvalue weighted by Gasteiger charge is 2.30. The van der Waals surface area contributed by atoms with Gasteiger partial charge >= 0.3 is 0 Å². The van der Waals surface area contributed by atoms with Crippen LogP contribution >= 0.6 is 23.4 Å². The van der Waals surface area contributed by atoms with Crippen LogP contribution in [0.5, 0.6) is 0 Å². The van der Waals surface area contributed by atoms with E-state index in [1.807, 2.05) is 17.8 Å². The first-order chi connectivity index (χ1) is 9.06. The number of hydrogen-bond donors (Lipinski definition) is 1. The van der Waals surface area contributed by atoms with E-state index in [0.717, 1.165) is 24.5 Å². The van der Waals surface area contributed by atoms with Gasteiger partial charge in [-0.2, -0.15) is 11.8 Å². The fourth-order valence-corrected chi connectivity index (χ4v) is 3.73. The third-order valence-electron chi connectivity index (χ3n) is 3.37. The highest BCUT2D eigenvalue weighted by Crippen LogP contribution is 2.36. The van der Waals surface area contributed by atoms with Crippen LogP contribution in [0.15, 0.2) is 12.1 Å². The maximum Gasteiger partial charge on any atom is 0.296 e. The molecule has 4 nitrogen and oxygen atoms in total. The van der Waals surface area contributed by atoms with Gasteiger partial charge in [0.2, 0.25) is 0 Å². The first kappa shape index (κ1) is 12.8. The molecule has 2 heterocycles. The van der Waals surface area contributed by atoms with Gasteiger partial charge < -0.3 is 10.2 Å². The smallest absolute Gasteiger partial charge is 0.296 e. The van der Waals surface area contributed by atoms with Gasteiger partial charge in [0.15, 0.2) is 0 Å². The van der Waals surface area contributed by atoms with Gasteiger partial charge in [0, 0.05) is 24.1 Å². The number of halogens is 1. The molecule has 100 valence electrons. The Morgan fingerprint density at radius 2 is 2.21 bits per heavy atom. The molecule has 1 aromatic carbocycles. The fraction of sp³-hybridized carbons (Fsp3) is 0.385. The first-order valence-corrected chi connectivity index (χ1v) is 7.54. The molecular formula is C13H13ClN2O2S. The molecule has 19 heavy (non-hydrogen) atoms. The van der Waals surface area contributed by atoms with Crippen molar-refractivity contribution < 1.29 is 9.59 Å². The van der Waals surface area contributed by atoms with Crippen molar-refractivity contribution in [1.82, 2.24) is 0 Å². The maximum absolute atomic E-state index is 11.6. The molecule has 0 aliphatic carbocycles. The van der Waals surface area contributed by atoms with Crippen LogP contribution in [-0.2, 0) is 4.79 Å². The predicted molar refractivity (Wildman–Crippen MR) is 78.5 cm³/mol. The van der Waals surface area contributed by atoms with E-state index in [9.17, 15) is 9.59 Å². The third kappa shape index (κ3) is 2.21. The summed E-state index contributed by atoms with van der Waals surface area (Å²) < 4.78 is 0. The quantitative estimate of drug-likeness (QED) is 0.809. The lowest BCUT2D eigenvalue weighted by atomic mass is 10.1. The Bertz CT molecular complexity index is 576. The van der Waals surface area contributed by atoms with E-state index in [1.165, 1.54) is 0 Å². The topological polar surface area (TPSA) is 49.4 Å². The zero-order chi connectivity index (χ0) is 13.6. The van der Waals surface area contributed by atoms with Gasteiger partial charge in [-0.15, -0.1) is 0 Å². The molecular weight excluding hydrogens is 284 g/mol. The number of thioether (sulfide) groups is 1. The Labute approximate surface area is 120 Å². The zero-order valence-electron chi connectivity index (χ0n) is 10.4. The summed E-state index contributed by atoms with van der Waals surface area (Å²) in [5.41, 5.74) is 1.83. The summed E-state index contributed by atoms with van der Waals surface area (Å²) in [6.45, 7) is 4.03. The van der Waals surface area contributed by atoms with Crippen LogP contribution in [0, 0.1) is 0 Å². The second-order valence-corrected chi connectivity index (χ2v) is 6.71. The van der Waals surface area contributed by atoms with E-state index in [0.29, 0.717) is 21.5 Å². The fourth-order valence-electron chi connectivity index (χ4n) is 2.43. The Morgan fingerprint density at radius 1 is 1.42 bits per heavy atom. The van der Waals surface area contributed by atoms with E-state index >= 15 is 0 Å². The summed E-state index contributed by atoms with van der Waals surface area (Å²) in [6.07, 6.45) is 0. The lowest BCUT2D eigenvalue weighted by Gasteiger charge is -2.33. The molecule has 0 spiro atoms. The minimum atomic E-state index is -0.578. The van der Waals surface area contributed by atoms with E-state index in [1.54, 1.807) is 6.07 Å². The maximum atomic E-state index is 11.6. The summed E-state index contributed by atoms with van der Waals surface area (Å²) in [7, 11) is 0. The normalized spacial score (nSPS) is 22.4. The predicted octanol–water partition coefficient (Wildman–Crippen LogP) is 2.42. The SMILES string of the molecule is CC1CN(c2cc3c(cc2Cl)C(=O)C(=O)N3)CCS1. The Balaban J connectivity index is 1.98. The van der Waals surface area contributed by atoms with Gasteiger partial charge in [-0.05, 0) is 12.1 Å². The molecule has 1 amide bonds. The molecule has 0 aromatic heterocycles. The largest absolute Gasteiger partial charge is 0.368 e. The van der Waals surface area contributed by atoms with Crippen LogP contribution in [0.1, 0.15) is 17.3 Å². The molecule has 0 radical (unpaired) electrons. The minimum absolute atomic E-state index is 0.373. The van der Waals surface area contributed by atoms with Crippen molar-refractivity contribution in [2.24, 2.45) is 0 Å². The molecule has 2 aliphatic heterocycles. The lowest BCUT2D eigenvalue weighted by Crippen LogP contribution is -2.36. The van der Waals surface area contributed by atoms with E-state index in [2.05, 4.69) is 17.1 Å². The summed E-state index contributed by atoms with van der Waals surface area (Å²) >= 11 is 8.20. The van der Waals surface area contributed by atoms with Crippen LogP contribution in [0.4, 0.5) is 11.4 Å². The monoisotopic (exact) mass is 296 g/mol. The van der Waals surface area contributed by atoms with E-state index in [4.69, 9.17) is 11.6 Å². The molecule has 2 aliphatic rings. The number of fused-ring (bicyclic) bond motifs is 1. The Kier molecular flexibility index (Phi) is 3.19. The number of ketones is 1. The highest BCUT2D eigenvalue weighted by molar-refractivity contribution is 8.00. The van der Waals surface area contributed by atoms with E-state index in [-0.39, 0.29) is 0 Å². The number of nitrogens with zero attached hydrogens (tertiary/aromatic N) is 1. The van der Waals surface area contributed by atoms with Crippen LogP contribution in [0.25, 0.3) is 0 Å². The van der Waals surface area contributed by atoms with Gasteiger partial charge in [-0.25, -0.2) is 0 Å². The molecule has 1 unspecified atom stereocenters. The molecule has 1 saturated heterocycles. The van der Waals surface area contributed by atoms with Gasteiger partial charge in [0.25, 0.3) is 11.7 Å². The van der Waals surface area contributed by atoms with Crippen molar-refractivity contribution in [1.29, 1.82) is 0 Å². The summed E-state index contributed by atoms with van der Waals surface area (Å²) in [5.74, 6) is -0.0309. The summed E-state index contributed by atoms with van der Waals surface area (Å²) in [5, 5.41) is 3.67. The standard InChI is InChI=1S/C13H13ClN2O2S/c1-7-6-16(2-3-19-7)11-5-10-8(4-9(11)14)12(17)13(18)15-10/h4-5,7H,2-3,6H2,1H3,(H,15,17,18).